The fraction of sp³-hybridized carbons (Fsp3) is 0.250. The Labute approximate surface area is 171 Å². The molecule has 0 spiro atoms. The van der Waals surface area contributed by atoms with Crippen LogP contribution < -0.4 is 14.8 Å². The van der Waals surface area contributed by atoms with Crippen LogP contribution in [-0.2, 0) is 4.79 Å². The van der Waals surface area contributed by atoms with Gasteiger partial charge in [-0.3, -0.25) is 4.79 Å². The fourth-order valence-electron chi connectivity index (χ4n) is 2.40. The van der Waals surface area contributed by atoms with Crippen LogP contribution in [-0.4, -0.2) is 28.5 Å². The summed E-state index contributed by atoms with van der Waals surface area (Å²) in [4.78, 5) is 12.5. The molecule has 0 radical (unpaired) electrons. The molecule has 3 rings (SSSR count). The van der Waals surface area contributed by atoms with Gasteiger partial charge in [0, 0.05) is 0 Å². The van der Waals surface area contributed by atoms with Crippen LogP contribution in [0, 0.1) is 5.82 Å². The van der Waals surface area contributed by atoms with Crippen molar-refractivity contribution < 1.29 is 23.1 Å². The zero-order chi connectivity index (χ0) is 20.8. The minimum Gasteiger partial charge on any atom is -0.495 e. The van der Waals surface area contributed by atoms with Crippen LogP contribution in [0.25, 0.3) is 0 Å². The van der Waals surface area contributed by atoms with E-state index in [0.29, 0.717) is 11.4 Å². The number of hydrogen-bond acceptors (Lipinski definition) is 7. The number of nitrogens with zero attached hydrogens (tertiary/aromatic N) is 2. The molecule has 0 aliphatic heterocycles. The monoisotopic (exact) mass is 417 g/mol. The highest BCUT2D eigenvalue weighted by molar-refractivity contribution is 8.00. The highest BCUT2D eigenvalue weighted by Gasteiger charge is 2.22. The standard InChI is InChI=1S/C20H20FN3O4S/c1-12(27-16-10-6-4-8-14(16)21)19-23-24-20(28-19)29-13(2)18(25)22-15-9-5-7-11-17(15)26-3/h4-13H,1-3H3,(H,22,25)/t12-,13-/m0/s1. The second-order valence-electron chi connectivity index (χ2n) is 6.05. The maximum Gasteiger partial charge on any atom is 0.277 e. The Morgan fingerprint density at radius 1 is 1.10 bits per heavy atom. The average Bonchev–Trinajstić information content (AvgIpc) is 3.18. The van der Waals surface area contributed by atoms with Gasteiger partial charge in [0.15, 0.2) is 17.7 Å². The number of nitrogens with one attached hydrogen (secondary N) is 1. The lowest BCUT2D eigenvalue weighted by Crippen LogP contribution is -2.22. The third-order valence-corrected chi connectivity index (χ3v) is 4.86. The van der Waals surface area contributed by atoms with Crippen molar-refractivity contribution in [2.24, 2.45) is 0 Å². The van der Waals surface area contributed by atoms with Crippen LogP contribution in [0.15, 0.2) is 58.2 Å². The molecule has 0 saturated heterocycles. The molecule has 0 unspecified atom stereocenters. The highest BCUT2D eigenvalue weighted by atomic mass is 32.2. The molecule has 0 aliphatic carbocycles. The molecule has 7 nitrogen and oxygen atoms in total. The normalized spacial score (nSPS) is 12.8. The van der Waals surface area contributed by atoms with E-state index >= 15 is 0 Å². The van der Waals surface area contributed by atoms with Crippen molar-refractivity contribution in [1.82, 2.24) is 10.2 Å². The first kappa shape index (κ1) is 20.7. The molecular formula is C20H20FN3O4S. The molecule has 9 heteroatoms. The number of benzene rings is 2. The Bertz CT molecular complexity index is 982. The number of halogens is 1. The second kappa shape index (κ2) is 9.42. The predicted octanol–water partition coefficient (Wildman–Crippen LogP) is 4.48. The van der Waals surface area contributed by atoms with Crippen LogP contribution in [0.4, 0.5) is 10.1 Å². The molecule has 3 aromatic rings. The first-order valence-electron chi connectivity index (χ1n) is 8.83. The van der Waals surface area contributed by atoms with Gasteiger partial charge in [0.1, 0.15) is 5.75 Å². The van der Waals surface area contributed by atoms with Gasteiger partial charge in [-0.1, -0.05) is 36.0 Å². The first-order chi connectivity index (χ1) is 14.0. The van der Waals surface area contributed by atoms with E-state index in [1.807, 2.05) is 6.07 Å². The fourth-order valence-corrected chi connectivity index (χ4v) is 3.09. The van der Waals surface area contributed by atoms with Crippen LogP contribution >= 0.6 is 11.8 Å². The van der Waals surface area contributed by atoms with Crippen LogP contribution in [0.5, 0.6) is 11.5 Å². The summed E-state index contributed by atoms with van der Waals surface area (Å²) in [6, 6.07) is 13.2. The Kier molecular flexibility index (Phi) is 6.71. The van der Waals surface area contributed by atoms with Gasteiger partial charge in [-0.05, 0) is 38.1 Å². The maximum absolute atomic E-state index is 13.7. The van der Waals surface area contributed by atoms with Crippen molar-refractivity contribution in [3.05, 3.63) is 60.2 Å². The van der Waals surface area contributed by atoms with Crippen molar-refractivity contribution in [2.45, 2.75) is 30.4 Å². The zero-order valence-electron chi connectivity index (χ0n) is 16.1. The van der Waals surface area contributed by atoms with E-state index in [9.17, 15) is 9.18 Å². The van der Waals surface area contributed by atoms with E-state index in [1.165, 1.54) is 19.2 Å². The number of hydrogen-bond donors (Lipinski definition) is 1. The lowest BCUT2D eigenvalue weighted by Gasteiger charge is -2.13. The van der Waals surface area contributed by atoms with Gasteiger partial charge in [0.05, 0.1) is 18.0 Å². The number of para-hydroxylation sites is 3. The van der Waals surface area contributed by atoms with E-state index in [0.717, 1.165) is 11.8 Å². The Hall–Kier alpha value is -3.07. The van der Waals surface area contributed by atoms with Gasteiger partial charge in [-0.25, -0.2) is 4.39 Å². The third-order valence-electron chi connectivity index (χ3n) is 3.92. The molecule has 152 valence electrons. The van der Waals surface area contributed by atoms with Crippen LogP contribution in [0.1, 0.15) is 25.8 Å². The summed E-state index contributed by atoms with van der Waals surface area (Å²) in [6.07, 6.45) is -0.647. The number of carbonyl (C=O) groups is 1. The summed E-state index contributed by atoms with van der Waals surface area (Å²) >= 11 is 1.11. The van der Waals surface area contributed by atoms with Crippen molar-refractivity contribution in [1.29, 1.82) is 0 Å². The van der Waals surface area contributed by atoms with Crippen LogP contribution in [0.2, 0.25) is 0 Å². The number of methoxy groups -OCH3 is 1. The van der Waals surface area contributed by atoms with E-state index < -0.39 is 17.2 Å². The van der Waals surface area contributed by atoms with Gasteiger partial charge in [-0.2, -0.15) is 0 Å². The van der Waals surface area contributed by atoms with E-state index in [2.05, 4.69) is 15.5 Å². The molecule has 0 fully saturated rings. The molecule has 29 heavy (non-hydrogen) atoms. The lowest BCUT2D eigenvalue weighted by molar-refractivity contribution is -0.115. The first-order valence-corrected chi connectivity index (χ1v) is 9.71. The number of ether oxygens (including phenoxy) is 2. The molecule has 1 N–H and O–H groups in total. The second-order valence-corrected chi connectivity index (χ2v) is 7.34. The Morgan fingerprint density at radius 3 is 2.52 bits per heavy atom. The van der Waals surface area contributed by atoms with Crippen molar-refractivity contribution in [3.63, 3.8) is 0 Å². The molecule has 0 bridgehead atoms. The lowest BCUT2D eigenvalue weighted by atomic mass is 10.3. The summed E-state index contributed by atoms with van der Waals surface area (Å²) in [7, 11) is 1.54. The minimum atomic E-state index is -0.647. The summed E-state index contributed by atoms with van der Waals surface area (Å²) in [5, 5.41) is 10.4. The van der Waals surface area contributed by atoms with Crippen molar-refractivity contribution in [3.8, 4) is 11.5 Å². The van der Waals surface area contributed by atoms with Gasteiger partial charge in [0.2, 0.25) is 5.91 Å². The largest absolute Gasteiger partial charge is 0.495 e. The number of carbonyl (C=O) groups excluding carboxylic acids is 1. The minimum absolute atomic E-state index is 0.0944. The predicted molar refractivity (Wildman–Crippen MR) is 107 cm³/mol. The Morgan fingerprint density at radius 2 is 1.79 bits per heavy atom. The molecule has 2 aromatic carbocycles. The smallest absolute Gasteiger partial charge is 0.277 e. The van der Waals surface area contributed by atoms with Crippen molar-refractivity contribution in [2.75, 3.05) is 12.4 Å². The van der Waals surface area contributed by atoms with Gasteiger partial charge >= 0.3 is 0 Å². The number of amides is 1. The number of aromatic nitrogens is 2. The number of anilines is 1. The molecule has 0 saturated carbocycles. The van der Waals surface area contributed by atoms with Crippen molar-refractivity contribution >= 4 is 23.4 Å². The summed E-state index contributed by atoms with van der Waals surface area (Å²) in [5.74, 6) is 0.132. The molecule has 1 amide bonds. The Balaban J connectivity index is 1.60. The molecule has 2 atom stereocenters. The van der Waals surface area contributed by atoms with E-state index in [4.69, 9.17) is 13.9 Å². The summed E-state index contributed by atoms with van der Waals surface area (Å²) in [5.41, 5.74) is 0.575. The van der Waals surface area contributed by atoms with E-state index in [-0.39, 0.29) is 22.8 Å². The maximum atomic E-state index is 13.7. The number of thioether (sulfide) groups is 1. The van der Waals surface area contributed by atoms with E-state index in [1.54, 1.807) is 44.2 Å². The quantitative estimate of drug-likeness (QED) is 0.541. The SMILES string of the molecule is COc1ccccc1NC(=O)[C@H](C)Sc1nnc([C@H](C)Oc2ccccc2F)o1. The molecule has 0 aliphatic rings. The summed E-state index contributed by atoms with van der Waals surface area (Å²) in [6.45, 7) is 3.39. The highest BCUT2D eigenvalue weighted by Crippen LogP contribution is 2.29. The molecule has 1 heterocycles. The molecule has 1 aromatic heterocycles. The average molecular weight is 417 g/mol. The zero-order valence-corrected chi connectivity index (χ0v) is 16.9. The topological polar surface area (TPSA) is 86.5 Å². The summed E-state index contributed by atoms with van der Waals surface area (Å²) < 4.78 is 30.0. The van der Waals surface area contributed by atoms with Crippen LogP contribution in [0.3, 0.4) is 0 Å². The third kappa shape index (κ3) is 5.26. The van der Waals surface area contributed by atoms with Gasteiger partial charge in [0.25, 0.3) is 11.1 Å². The van der Waals surface area contributed by atoms with Gasteiger partial charge < -0.3 is 19.2 Å². The molecular weight excluding hydrogens is 397 g/mol. The van der Waals surface area contributed by atoms with Gasteiger partial charge in [-0.15, -0.1) is 10.2 Å². The number of rotatable bonds is 8.